The van der Waals surface area contributed by atoms with Crippen LogP contribution in [0.25, 0.3) is 5.95 Å². The van der Waals surface area contributed by atoms with Crippen LogP contribution >= 0.6 is 0 Å². The molecule has 0 bridgehead atoms. The van der Waals surface area contributed by atoms with Crippen molar-refractivity contribution < 1.29 is 13.9 Å². The van der Waals surface area contributed by atoms with E-state index in [0.717, 1.165) is 18.5 Å². The summed E-state index contributed by atoms with van der Waals surface area (Å²) in [5.41, 5.74) is 0.933. The van der Waals surface area contributed by atoms with Gasteiger partial charge in [0.15, 0.2) is 5.76 Å². The van der Waals surface area contributed by atoms with E-state index in [-0.39, 0.29) is 11.7 Å². The molecule has 0 aliphatic heterocycles. The Kier molecular flexibility index (Phi) is 4.02. The third kappa shape index (κ3) is 3.29. The standard InChI is InChI=1S/C17H17N5O3/c1-24-10-12-5-6-14(25-12)16(23)20-15-9-13(11-3-4-11)21-22(15)17-18-7-2-8-19-17/h2,5-9,11H,3-4,10H2,1H3,(H,20,23). The fourth-order valence-corrected chi connectivity index (χ4v) is 2.52. The average molecular weight is 339 g/mol. The molecular formula is C17H17N5O3. The molecule has 0 radical (unpaired) electrons. The smallest absolute Gasteiger partial charge is 0.292 e. The second kappa shape index (κ2) is 6.48. The van der Waals surface area contributed by atoms with Crippen LogP contribution in [0.5, 0.6) is 0 Å². The van der Waals surface area contributed by atoms with Crippen molar-refractivity contribution in [2.45, 2.75) is 25.4 Å². The number of hydrogen-bond donors (Lipinski definition) is 1. The van der Waals surface area contributed by atoms with Crippen molar-refractivity contribution in [3.63, 3.8) is 0 Å². The second-order valence-corrected chi connectivity index (χ2v) is 5.84. The average Bonchev–Trinajstić information content (AvgIpc) is 3.23. The Hall–Kier alpha value is -3.00. The number of rotatable bonds is 6. The number of hydrogen-bond acceptors (Lipinski definition) is 6. The van der Waals surface area contributed by atoms with Gasteiger partial charge in [-0.05, 0) is 31.0 Å². The monoisotopic (exact) mass is 339 g/mol. The molecule has 3 aromatic heterocycles. The molecule has 0 aromatic carbocycles. The van der Waals surface area contributed by atoms with Crippen molar-refractivity contribution in [1.82, 2.24) is 19.7 Å². The molecule has 0 saturated heterocycles. The van der Waals surface area contributed by atoms with Crippen molar-refractivity contribution >= 4 is 11.7 Å². The number of ether oxygens (including phenoxy) is 1. The lowest BCUT2D eigenvalue weighted by atomic mass is 10.3. The zero-order chi connectivity index (χ0) is 17.2. The summed E-state index contributed by atoms with van der Waals surface area (Å²) in [5.74, 6) is 1.80. The number of nitrogens with zero attached hydrogens (tertiary/aromatic N) is 4. The number of nitrogens with one attached hydrogen (secondary N) is 1. The van der Waals surface area contributed by atoms with Gasteiger partial charge in [0.1, 0.15) is 18.2 Å². The van der Waals surface area contributed by atoms with Crippen LogP contribution in [0, 0.1) is 0 Å². The summed E-state index contributed by atoms with van der Waals surface area (Å²) in [7, 11) is 1.57. The van der Waals surface area contributed by atoms with Gasteiger partial charge < -0.3 is 14.5 Å². The number of methoxy groups -OCH3 is 1. The predicted molar refractivity (Wildman–Crippen MR) is 88.5 cm³/mol. The van der Waals surface area contributed by atoms with Crippen LogP contribution in [0.4, 0.5) is 5.82 Å². The highest BCUT2D eigenvalue weighted by molar-refractivity contribution is 6.01. The first-order valence-corrected chi connectivity index (χ1v) is 8.01. The van der Waals surface area contributed by atoms with Crippen LogP contribution in [0.1, 0.15) is 40.8 Å². The molecular weight excluding hydrogens is 322 g/mol. The number of carbonyl (C=O) groups is 1. The lowest BCUT2D eigenvalue weighted by molar-refractivity contribution is 0.0987. The second-order valence-electron chi connectivity index (χ2n) is 5.84. The van der Waals surface area contributed by atoms with Crippen molar-refractivity contribution in [3.05, 3.63) is 53.9 Å². The van der Waals surface area contributed by atoms with Gasteiger partial charge in [-0.25, -0.2) is 9.97 Å². The maximum Gasteiger partial charge on any atom is 0.292 e. The molecule has 128 valence electrons. The molecule has 3 aromatic rings. The molecule has 1 aliphatic rings. The van der Waals surface area contributed by atoms with Crippen molar-refractivity contribution in [1.29, 1.82) is 0 Å². The van der Waals surface area contributed by atoms with Crippen molar-refractivity contribution in [3.8, 4) is 5.95 Å². The number of furan rings is 1. The minimum atomic E-state index is -0.359. The van der Waals surface area contributed by atoms with Crippen LogP contribution in [-0.2, 0) is 11.3 Å². The minimum Gasteiger partial charge on any atom is -0.453 e. The summed E-state index contributed by atoms with van der Waals surface area (Å²) in [6.45, 7) is 0.314. The highest BCUT2D eigenvalue weighted by atomic mass is 16.5. The Morgan fingerprint density at radius 1 is 1.36 bits per heavy atom. The number of anilines is 1. The van der Waals surface area contributed by atoms with Gasteiger partial charge in [-0.15, -0.1) is 0 Å². The number of carbonyl (C=O) groups excluding carboxylic acids is 1. The first-order valence-electron chi connectivity index (χ1n) is 8.01. The maximum atomic E-state index is 12.5. The lowest BCUT2D eigenvalue weighted by Gasteiger charge is -2.05. The number of amides is 1. The Labute approximate surface area is 143 Å². The molecule has 1 aliphatic carbocycles. The SMILES string of the molecule is COCc1ccc(C(=O)Nc2cc(C3CC3)nn2-c2ncccn2)o1. The molecule has 1 saturated carbocycles. The zero-order valence-electron chi connectivity index (χ0n) is 13.7. The fourth-order valence-electron chi connectivity index (χ4n) is 2.52. The third-order valence-corrected chi connectivity index (χ3v) is 3.88. The summed E-state index contributed by atoms with van der Waals surface area (Å²) in [6, 6.07) is 6.93. The summed E-state index contributed by atoms with van der Waals surface area (Å²) < 4.78 is 12.0. The quantitative estimate of drug-likeness (QED) is 0.741. The highest BCUT2D eigenvalue weighted by Gasteiger charge is 2.28. The predicted octanol–water partition coefficient (Wildman–Crippen LogP) is 2.53. The minimum absolute atomic E-state index is 0.210. The molecule has 3 heterocycles. The van der Waals surface area contributed by atoms with Crippen LogP contribution in [-0.4, -0.2) is 32.8 Å². The fraction of sp³-hybridized carbons (Fsp3) is 0.294. The third-order valence-electron chi connectivity index (χ3n) is 3.88. The van der Waals surface area contributed by atoms with E-state index in [2.05, 4.69) is 20.4 Å². The van der Waals surface area contributed by atoms with Crippen molar-refractivity contribution in [2.24, 2.45) is 0 Å². The van der Waals surface area contributed by atoms with Crippen LogP contribution in [0.15, 0.2) is 41.1 Å². The maximum absolute atomic E-state index is 12.5. The summed E-state index contributed by atoms with van der Waals surface area (Å²) in [4.78, 5) is 20.9. The Morgan fingerprint density at radius 2 is 2.16 bits per heavy atom. The van der Waals surface area contributed by atoms with Gasteiger partial charge in [0.2, 0.25) is 0 Å². The molecule has 1 N–H and O–H groups in total. The van der Waals surface area contributed by atoms with Gasteiger partial charge in [0.25, 0.3) is 11.9 Å². The Bertz CT molecular complexity index is 883. The Morgan fingerprint density at radius 3 is 2.88 bits per heavy atom. The van der Waals surface area contributed by atoms with E-state index in [4.69, 9.17) is 9.15 Å². The van der Waals surface area contributed by atoms with Gasteiger partial charge in [-0.1, -0.05) is 0 Å². The first-order chi connectivity index (χ1) is 12.2. The van der Waals surface area contributed by atoms with Crippen molar-refractivity contribution in [2.75, 3.05) is 12.4 Å². The highest BCUT2D eigenvalue weighted by Crippen LogP contribution is 2.40. The normalized spacial score (nSPS) is 13.8. The van der Waals surface area contributed by atoms with Gasteiger partial charge in [-0.3, -0.25) is 4.79 Å². The molecule has 25 heavy (non-hydrogen) atoms. The molecule has 0 atom stereocenters. The van der Waals surface area contributed by atoms with Gasteiger partial charge in [-0.2, -0.15) is 9.78 Å². The molecule has 0 spiro atoms. The first kappa shape index (κ1) is 15.5. The summed E-state index contributed by atoms with van der Waals surface area (Å²) in [5, 5.41) is 7.38. The molecule has 1 amide bonds. The largest absolute Gasteiger partial charge is 0.453 e. The number of aromatic nitrogens is 4. The summed E-state index contributed by atoms with van der Waals surface area (Å²) in [6.07, 6.45) is 5.49. The van der Waals surface area contributed by atoms with E-state index in [9.17, 15) is 4.79 Å². The van der Waals surface area contributed by atoms with Gasteiger partial charge >= 0.3 is 0 Å². The molecule has 0 unspecified atom stereocenters. The molecule has 8 heteroatoms. The van der Waals surface area contributed by atoms with E-state index >= 15 is 0 Å². The molecule has 4 rings (SSSR count). The van der Waals surface area contributed by atoms with E-state index in [0.29, 0.717) is 30.1 Å². The van der Waals surface area contributed by atoms with E-state index in [1.54, 1.807) is 42.4 Å². The Balaban J connectivity index is 1.61. The van der Waals surface area contributed by atoms with Crippen LogP contribution < -0.4 is 5.32 Å². The zero-order valence-corrected chi connectivity index (χ0v) is 13.7. The summed E-state index contributed by atoms with van der Waals surface area (Å²) >= 11 is 0. The van der Waals surface area contributed by atoms with Crippen LogP contribution in [0.3, 0.4) is 0 Å². The van der Waals surface area contributed by atoms with Gasteiger partial charge in [0, 0.05) is 31.5 Å². The lowest BCUT2D eigenvalue weighted by Crippen LogP contribution is -2.15. The van der Waals surface area contributed by atoms with E-state index in [1.165, 1.54) is 0 Å². The van der Waals surface area contributed by atoms with Gasteiger partial charge in [0.05, 0.1) is 5.69 Å². The van der Waals surface area contributed by atoms with E-state index in [1.807, 2.05) is 6.07 Å². The van der Waals surface area contributed by atoms with Crippen LogP contribution in [0.2, 0.25) is 0 Å². The molecule has 1 fully saturated rings. The van der Waals surface area contributed by atoms with E-state index < -0.39 is 0 Å². The topological polar surface area (TPSA) is 95.1 Å². The molecule has 8 nitrogen and oxygen atoms in total.